The van der Waals surface area contributed by atoms with E-state index in [0.29, 0.717) is 0 Å². The molecule has 0 spiro atoms. The van der Waals surface area contributed by atoms with E-state index in [4.69, 9.17) is 10.8 Å². The molecular weight excluding hydrogens is 159 g/mol. The van der Waals surface area contributed by atoms with Crippen LogP contribution in [0.5, 0.6) is 0 Å². The lowest BCUT2D eigenvalue weighted by atomic mass is 9.98. The fraction of sp³-hybridized carbons (Fsp3) is 1.00. The first kappa shape index (κ1) is 10.7. The van der Waals surface area contributed by atoms with Crippen LogP contribution in [-0.4, -0.2) is 22.9 Å². The van der Waals surface area contributed by atoms with Crippen molar-refractivity contribution in [3.8, 4) is 0 Å². The second kappa shape index (κ2) is 2.98. The summed E-state index contributed by atoms with van der Waals surface area (Å²) in [5, 5.41) is 8.52. The molecule has 0 rings (SSSR count). The Labute approximate surface area is 63.2 Å². The number of alkyl halides is 3. The Hall–Kier alpha value is -0.290. The molecule has 0 bridgehead atoms. The van der Waals surface area contributed by atoms with Gasteiger partial charge in [-0.2, -0.15) is 13.2 Å². The van der Waals surface area contributed by atoms with Crippen molar-refractivity contribution in [2.75, 3.05) is 0 Å². The van der Waals surface area contributed by atoms with Gasteiger partial charge in [-0.15, -0.1) is 0 Å². The molecule has 1 unspecified atom stereocenters. The molecule has 0 aromatic carbocycles. The van der Waals surface area contributed by atoms with E-state index >= 15 is 0 Å². The zero-order valence-corrected chi connectivity index (χ0v) is 6.44. The third-order valence-electron chi connectivity index (χ3n) is 1.10. The molecule has 5 heteroatoms. The Morgan fingerprint density at radius 2 is 1.73 bits per heavy atom. The van der Waals surface area contributed by atoms with Crippen LogP contribution in [0.3, 0.4) is 0 Å². The topological polar surface area (TPSA) is 46.2 Å². The van der Waals surface area contributed by atoms with Gasteiger partial charge in [0.05, 0.1) is 0 Å². The zero-order chi connectivity index (χ0) is 9.28. The molecule has 11 heavy (non-hydrogen) atoms. The van der Waals surface area contributed by atoms with Crippen molar-refractivity contribution in [2.24, 2.45) is 5.73 Å². The number of aliphatic hydroxyl groups excluding tert-OH is 1. The summed E-state index contributed by atoms with van der Waals surface area (Å²) in [5.41, 5.74) is 4.28. The van der Waals surface area contributed by atoms with Gasteiger partial charge in [-0.1, -0.05) is 0 Å². The molecule has 0 aliphatic heterocycles. The van der Waals surface area contributed by atoms with Crippen molar-refractivity contribution in [2.45, 2.75) is 38.1 Å². The van der Waals surface area contributed by atoms with Gasteiger partial charge in [0.2, 0.25) is 0 Å². The van der Waals surface area contributed by atoms with Crippen molar-refractivity contribution in [3.63, 3.8) is 0 Å². The minimum Gasteiger partial charge on any atom is -0.384 e. The van der Waals surface area contributed by atoms with Crippen molar-refractivity contribution >= 4 is 0 Å². The molecule has 3 N–H and O–H groups in total. The van der Waals surface area contributed by atoms with Gasteiger partial charge in [0.25, 0.3) is 0 Å². The normalized spacial score (nSPS) is 16.6. The summed E-state index contributed by atoms with van der Waals surface area (Å²) in [7, 11) is 0. The molecular formula is C6H12F3NO. The predicted molar refractivity (Wildman–Crippen MR) is 34.9 cm³/mol. The summed E-state index contributed by atoms with van der Waals surface area (Å²) in [6.45, 7) is 2.86. The average molecular weight is 171 g/mol. The highest BCUT2D eigenvalue weighted by molar-refractivity contribution is 4.79. The molecule has 1 atom stereocenters. The lowest BCUT2D eigenvalue weighted by Crippen LogP contribution is -2.41. The van der Waals surface area contributed by atoms with Gasteiger partial charge in [-0.05, 0) is 20.3 Å². The maximum atomic E-state index is 11.7. The minimum atomic E-state index is -4.56. The lowest BCUT2D eigenvalue weighted by molar-refractivity contribution is -0.208. The van der Waals surface area contributed by atoms with Crippen LogP contribution in [0.1, 0.15) is 20.3 Å². The largest absolute Gasteiger partial charge is 0.414 e. The number of rotatable bonds is 2. The van der Waals surface area contributed by atoms with E-state index in [1.807, 2.05) is 0 Å². The summed E-state index contributed by atoms with van der Waals surface area (Å²) < 4.78 is 35.0. The molecule has 0 amide bonds. The van der Waals surface area contributed by atoms with Crippen molar-refractivity contribution in [1.82, 2.24) is 0 Å². The van der Waals surface area contributed by atoms with Gasteiger partial charge in [0, 0.05) is 5.54 Å². The molecule has 0 fully saturated rings. The second-order valence-corrected chi connectivity index (χ2v) is 3.25. The van der Waals surface area contributed by atoms with Crippen LogP contribution in [0.25, 0.3) is 0 Å². The maximum Gasteiger partial charge on any atom is 0.414 e. The standard InChI is InChI=1S/C6H12F3NO/c1-5(2,10)3-4(11)6(7,8)9/h4,11H,3,10H2,1-2H3. The number of hydrogen-bond acceptors (Lipinski definition) is 2. The van der Waals surface area contributed by atoms with Crippen molar-refractivity contribution < 1.29 is 18.3 Å². The smallest absolute Gasteiger partial charge is 0.384 e. The molecule has 0 saturated carbocycles. The average Bonchev–Trinajstić information content (AvgIpc) is 1.56. The molecule has 0 aromatic heterocycles. The van der Waals surface area contributed by atoms with Crippen LogP contribution < -0.4 is 5.73 Å². The summed E-state index contributed by atoms with van der Waals surface area (Å²) in [4.78, 5) is 0. The van der Waals surface area contributed by atoms with Crippen LogP contribution in [0.4, 0.5) is 13.2 Å². The van der Waals surface area contributed by atoms with Crippen LogP contribution in [0, 0.1) is 0 Å². The zero-order valence-electron chi connectivity index (χ0n) is 6.44. The van der Waals surface area contributed by atoms with Gasteiger partial charge in [-0.25, -0.2) is 0 Å². The Bertz CT molecular complexity index is 127. The summed E-state index contributed by atoms with van der Waals surface area (Å²) >= 11 is 0. The fourth-order valence-electron chi connectivity index (χ4n) is 0.614. The third kappa shape index (κ3) is 5.03. The maximum absolute atomic E-state index is 11.7. The van der Waals surface area contributed by atoms with Gasteiger partial charge in [-0.3, -0.25) is 0 Å². The number of aliphatic hydroxyl groups is 1. The second-order valence-electron chi connectivity index (χ2n) is 3.25. The molecule has 2 nitrogen and oxygen atoms in total. The Balaban J connectivity index is 3.99. The van der Waals surface area contributed by atoms with E-state index < -0.39 is 24.2 Å². The molecule has 0 aliphatic carbocycles. The molecule has 0 aliphatic rings. The van der Waals surface area contributed by atoms with Crippen molar-refractivity contribution in [3.05, 3.63) is 0 Å². The lowest BCUT2D eigenvalue weighted by Gasteiger charge is -2.23. The molecule has 68 valence electrons. The van der Waals surface area contributed by atoms with E-state index in [9.17, 15) is 13.2 Å². The van der Waals surface area contributed by atoms with E-state index in [-0.39, 0.29) is 0 Å². The molecule has 0 aromatic rings. The Morgan fingerprint density at radius 3 is 1.82 bits per heavy atom. The SMILES string of the molecule is CC(C)(N)CC(O)C(F)(F)F. The summed E-state index contributed by atoms with van der Waals surface area (Å²) in [6, 6.07) is 0. The van der Waals surface area contributed by atoms with Crippen LogP contribution in [-0.2, 0) is 0 Å². The number of nitrogens with two attached hydrogens (primary N) is 1. The summed E-state index contributed by atoms with van der Waals surface area (Å²) in [6.07, 6.45) is -7.35. The Morgan fingerprint density at radius 1 is 1.36 bits per heavy atom. The van der Waals surface area contributed by atoms with E-state index in [1.54, 1.807) is 0 Å². The van der Waals surface area contributed by atoms with Crippen LogP contribution in [0.2, 0.25) is 0 Å². The van der Waals surface area contributed by atoms with Crippen LogP contribution >= 0.6 is 0 Å². The highest BCUT2D eigenvalue weighted by atomic mass is 19.4. The van der Waals surface area contributed by atoms with E-state index in [0.717, 1.165) is 0 Å². The van der Waals surface area contributed by atoms with Gasteiger partial charge < -0.3 is 10.8 Å². The third-order valence-corrected chi connectivity index (χ3v) is 1.10. The van der Waals surface area contributed by atoms with Gasteiger partial charge in [0.15, 0.2) is 6.10 Å². The van der Waals surface area contributed by atoms with Gasteiger partial charge in [0.1, 0.15) is 0 Å². The molecule has 0 heterocycles. The fourth-order valence-corrected chi connectivity index (χ4v) is 0.614. The first-order valence-corrected chi connectivity index (χ1v) is 3.16. The van der Waals surface area contributed by atoms with Gasteiger partial charge >= 0.3 is 6.18 Å². The highest BCUT2D eigenvalue weighted by Crippen LogP contribution is 2.25. The first-order valence-electron chi connectivity index (χ1n) is 3.16. The highest BCUT2D eigenvalue weighted by Gasteiger charge is 2.40. The van der Waals surface area contributed by atoms with Crippen LogP contribution in [0.15, 0.2) is 0 Å². The van der Waals surface area contributed by atoms with Crippen molar-refractivity contribution in [1.29, 1.82) is 0 Å². The number of hydrogen-bond donors (Lipinski definition) is 2. The predicted octanol–water partition coefficient (Wildman–Crippen LogP) is 1.04. The first-order chi connectivity index (χ1) is 4.63. The monoisotopic (exact) mass is 171 g/mol. The van der Waals surface area contributed by atoms with E-state index in [1.165, 1.54) is 13.8 Å². The number of halogens is 3. The minimum absolute atomic E-state index is 0.476. The Kier molecular flexibility index (Phi) is 2.91. The molecule has 0 saturated heterocycles. The molecule has 0 radical (unpaired) electrons. The quantitative estimate of drug-likeness (QED) is 0.652. The summed E-state index contributed by atoms with van der Waals surface area (Å²) in [5.74, 6) is 0. The van der Waals surface area contributed by atoms with E-state index in [2.05, 4.69) is 0 Å².